The number of benzene rings is 1. The molecule has 0 aliphatic carbocycles. The fraction of sp³-hybridized carbons (Fsp3) is 0.429. The number of para-hydroxylation sites is 2. The summed E-state index contributed by atoms with van der Waals surface area (Å²) >= 11 is 0. The maximum absolute atomic E-state index is 12.3. The summed E-state index contributed by atoms with van der Waals surface area (Å²) < 4.78 is 11.0. The largest absolute Gasteiger partial charge is 0.378 e. The molecule has 2 aliphatic rings. The maximum atomic E-state index is 12.3. The zero-order chi connectivity index (χ0) is 19.2. The lowest BCUT2D eigenvalue weighted by molar-refractivity contribution is 0.0854. The summed E-state index contributed by atoms with van der Waals surface area (Å²) in [5.41, 5.74) is 3.41. The average molecular weight is 382 g/mol. The number of amides is 1. The van der Waals surface area contributed by atoms with Gasteiger partial charge in [-0.25, -0.2) is 4.98 Å². The van der Waals surface area contributed by atoms with E-state index < -0.39 is 0 Å². The van der Waals surface area contributed by atoms with E-state index in [4.69, 9.17) is 9.47 Å². The topological polar surface area (TPSA) is 75.7 Å². The molecule has 2 saturated heterocycles. The third-order valence-corrected chi connectivity index (χ3v) is 5.05. The molecule has 1 aromatic heterocycles. The molecule has 2 aliphatic heterocycles. The molecule has 1 aromatic carbocycles. The van der Waals surface area contributed by atoms with Crippen LogP contribution in [0.2, 0.25) is 0 Å². The van der Waals surface area contributed by atoms with Crippen LogP contribution in [-0.2, 0) is 9.47 Å². The lowest BCUT2D eigenvalue weighted by Gasteiger charge is -2.30. The quantitative estimate of drug-likeness (QED) is 0.800. The van der Waals surface area contributed by atoms with Crippen LogP contribution in [0.25, 0.3) is 0 Å². The van der Waals surface area contributed by atoms with Crippen LogP contribution < -0.4 is 15.5 Å². The second kappa shape index (κ2) is 9.03. The van der Waals surface area contributed by atoms with E-state index in [-0.39, 0.29) is 12.0 Å². The van der Waals surface area contributed by atoms with Gasteiger partial charge in [0.05, 0.1) is 42.6 Å². The Morgan fingerprint density at radius 2 is 2.00 bits per heavy atom. The van der Waals surface area contributed by atoms with Crippen molar-refractivity contribution < 1.29 is 14.3 Å². The normalized spacial score (nSPS) is 19.4. The van der Waals surface area contributed by atoms with E-state index in [1.54, 1.807) is 12.3 Å². The Morgan fingerprint density at radius 1 is 1.14 bits per heavy atom. The highest BCUT2D eigenvalue weighted by Crippen LogP contribution is 2.29. The Balaban J connectivity index is 1.38. The van der Waals surface area contributed by atoms with Gasteiger partial charge in [0.25, 0.3) is 5.91 Å². The molecule has 7 nitrogen and oxygen atoms in total. The molecule has 1 unspecified atom stereocenters. The van der Waals surface area contributed by atoms with Crippen molar-refractivity contribution in [2.45, 2.75) is 18.9 Å². The van der Waals surface area contributed by atoms with Crippen molar-refractivity contribution >= 4 is 23.0 Å². The molecule has 2 N–H and O–H groups in total. The van der Waals surface area contributed by atoms with Crippen molar-refractivity contribution in [3.8, 4) is 0 Å². The van der Waals surface area contributed by atoms with Crippen molar-refractivity contribution in [1.82, 2.24) is 10.3 Å². The number of hydrogen-bond donors (Lipinski definition) is 2. The number of anilines is 3. The number of morpholine rings is 1. The summed E-state index contributed by atoms with van der Waals surface area (Å²) in [7, 11) is 0. The fourth-order valence-electron chi connectivity index (χ4n) is 3.52. The van der Waals surface area contributed by atoms with Crippen LogP contribution in [0, 0.1) is 0 Å². The molecule has 1 amide bonds. The minimum absolute atomic E-state index is 0.126. The number of carbonyl (C=O) groups is 1. The molecule has 0 spiro atoms. The molecule has 3 heterocycles. The van der Waals surface area contributed by atoms with E-state index in [0.29, 0.717) is 12.2 Å². The number of aromatic nitrogens is 1. The molecule has 0 saturated carbocycles. The van der Waals surface area contributed by atoms with Gasteiger partial charge in [-0.2, -0.15) is 0 Å². The van der Waals surface area contributed by atoms with Gasteiger partial charge in [0.15, 0.2) is 0 Å². The fourth-order valence-corrected chi connectivity index (χ4v) is 3.52. The smallest absolute Gasteiger partial charge is 0.269 e. The average Bonchev–Trinajstić information content (AvgIpc) is 3.27. The first-order valence-corrected chi connectivity index (χ1v) is 9.84. The second-order valence-electron chi connectivity index (χ2n) is 7.02. The van der Waals surface area contributed by atoms with Gasteiger partial charge in [0.2, 0.25) is 0 Å². The predicted molar refractivity (Wildman–Crippen MR) is 108 cm³/mol. The van der Waals surface area contributed by atoms with Crippen molar-refractivity contribution in [1.29, 1.82) is 0 Å². The Hall–Kier alpha value is -2.64. The van der Waals surface area contributed by atoms with Gasteiger partial charge in [0, 0.05) is 26.2 Å². The third-order valence-electron chi connectivity index (χ3n) is 5.05. The van der Waals surface area contributed by atoms with E-state index in [2.05, 4.69) is 26.6 Å². The molecule has 7 heteroatoms. The summed E-state index contributed by atoms with van der Waals surface area (Å²) in [6, 6.07) is 11.8. The number of ether oxygens (including phenoxy) is 2. The molecule has 0 bridgehead atoms. The molecular weight excluding hydrogens is 356 g/mol. The van der Waals surface area contributed by atoms with Gasteiger partial charge >= 0.3 is 0 Å². The zero-order valence-corrected chi connectivity index (χ0v) is 15.9. The van der Waals surface area contributed by atoms with E-state index in [1.807, 2.05) is 24.3 Å². The molecule has 4 rings (SSSR count). The first-order valence-electron chi connectivity index (χ1n) is 9.84. The first kappa shape index (κ1) is 18.7. The third kappa shape index (κ3) is 4.61. The Bertz CT molecular complexity index is 784. The minimum atomic E-state index is -0.171. The summed E-state index contributed by atoms with van der Waals surface area (Å²) in [6.45, 7) is 4.55. The van der Waals surface area contributed by atoms with Crippen LogP contribution in [-0.4, -0.2) is 56.5 Å². The number of pyridine rings is 1. The molecule has 148 valence electrons. The van der Waals surface area contributed by atoms with Crippen molar-refractivity contribution in [2.75, 3.05) is 49.7 Å². The number of rotatable bonds is 6. The van der Waals surface area contributed by atoms with Gasteiger partial charge in [-0.1, -0.05) is 12.1 Å². The first-order chi connectivity index (χ1) is 13.8. The monoisotopic (exact) mass is 382 g/mol. The van der Waals surface area contributed by atoms with Crippen LogP contribution in [0.15, 0.2) is 42.6 Å². The molecule has 28 heavy (non-hydrogen) atoms. The van der Waals surface area contributed by atoms with Crippen molar-refractivity contribution in [2.24, 2.45) is 0 Å². The Kier molecular flexibility index (Phi) is 6.04. The van der Waals surface area contributed by atoms with Crippen LogP contribution in [0.5, 0.6) is 0 Å². The lowest BCUT2D eigenvalue weighted by Crippen LogP contribution is -2.36. The number of hydrogen-bond acceptors (Lipinski definition) is 6. The van der Waals surface area contributed by atoms with Crippen LogP contribution >= 0.6 is 0 Å². The van der Waals surface area contributed by atoms with Crippen molar-refractivity contribution in [3.05, 3.63) is 48.3 Å². The number of nitrogens with one attached hydrogen (secondary N) is 2. The molecule has 0 radical (unpaired) electrons. The lowest BCUT2D eigenvalue weighted by atomic mass is 10.2. The van der Waals surface area contributed by atoms with Gasteiger partial charge in [-0.15, -0.1) is 0 Å². The van der Waals surface area contributed by atoms with Crippen LogP contribution in [0.4, 0.5) is 17.1 Å². The highest BCUT2D eigenvalue weighted by atomic mass is 16.5. The standard InChI is InChI=1S/C21H26N4O3/c26-21(23-15-17-4-3-11-28-17)19-8-7-16(14-22-19)24-18-5-1-2-6-20(18)25-9-12-27-13-10-25/h1-2,5-8,14,17,24H,3-4,9-13,15H2,(H,23,26). The van der Waals surface area contributed by atoms with Crippen molar-refractivity contribution in [3.63, 3.8) is 0 Å². The summed E-state index contributed by atoms with van der Waals surface area (Å²) in [5, 5.41) is 6.31. The Labute approximate surface area is 165 Å². The van der Waals surface area contributed by atoms with Gasteiger partial charge < -0.3 is 25.0 Å². The number of nitrogens with zero attached hydrogens (tertiary/aromatic N) is 2. The summed E-state index contributed by atoms with van der Waals surface area (Å²) in [5.74, 6) is -0.171. The van der Waals surface area contributed by atoms with Gasteiger partial charge in [0.1, 0.15) is 5.69 Å². The maximum Gasteiger partial charge on any atom is 0.269 e. The van der Waals surface area contributed by atoms with Gasteiger partial charge in [-0.05, 0) is 37.1 Å². The van der Waals surface area contributed by atoms with E-state index in [9.17, 15) is 4.79 Å². The predicted octanol–water partition coefficient (Wildman–Crippen LogP) is 2.57. The highest BCUT2D eigenvalue weighted by molar-refractivity contribution is 5.92. The Morgan fingerprint density at radius 3 is 2.75 bits per heavy atom. The van der Waals surface area contributed by atoms with Gasteiger partial charge in [-0.3, -0.25) is 4.79 Å². The molecule has 2 fully saturated rings. The molecular formula is C21H26N4O3. The highest BCUT2D eigenvalue weighted by Gasteiger charge is 2.17. The molecule has 2 aromatic rings. The minimum Gasteiger partial charge on any atom is -0.378 e. The van der Waals surface area contributed by atoms with Crippen LogP contribution in [0.3, 0.4) is 0 Å². The number of carbonyl (C=O) groups excluding carboxylic acids is 1. The SMILES string of the molecule is O=C(NCC1CCCO1)c1ccc(Nc2ccccc2N2CCOCC2)cn1. The second-order valence-corrected chi connectivity index (χ2v) is 7.02. The van der Waals surface area contributed by atoms with Crippen LogP contribution in [0.1, 0.15) is 23.3 Å². The van der Waals surface area contributed by atoms with E-state index in [0.717, 1.165) is 62.8 Å². The summed E-state index contributed by atoms with van der Waals surface area (Å²) in [6.07, 6.45) is 3.88. The van der Waals surface area contributed by atoms with E-state index in [1.165, 1.54) is 0 Å². The molecule has 1 atom stereocenters. The summed E-state index contributed by atoms with van der Waals surface area (Å²) in [4.78, 5) is 18.9. The van der Waals surface area contributed by atoms with E-state index >= 15 is 0 Å². The zero-order valence-electron chi connectivity index (χ0n) is 15.9.